The lowest BCUT2D eigenvalue weighted by molar-refractivity contribution is -0.124. The molecule has 0 aromatic carbocycles. The molecule has 0 spiro atoms. The van der Waals surface area contributed by atoms with E-state index in [-0.39, 0.29) is 5.41 Å². The van der Waals surface area contributed by atoms with E-state index in [1.165, 1.54) is 0 Å². The maximum Gasteiger partial charge on any atom is 0.133 e. The van der Waals surface area contributed by atoms with E-state index in [1.807, 2.05) is 0 Å². The van der Waals surface area contributed by atoms with Gasteiger partial charge < -0.3 is 0 Å². The molecular weight excluding hydrogens is 240 g/mol. The number of rotatable bonds is 2. The molecule has 0 amide bonds. The SMILES string of the molecule is C=C(Br)C[C@@]12C=CC[C@@H]1CCC(=O)C2. The summed E-state index contributed by atoms with van der Waals surface area (Å²) in [6.07, 6.45) is 9.11. The van der Waals surface area contributed by atoms with Gasteiger partial charge in [0.25, 0.3) is 0 Å². The Morgan fingerprint density at radius 2 is 2.50 bits per heavy atom. The number of allylic oxidation sites excluding steroid dienone is 3. The van der Waals surface area contributed by atoms with E-state index < -0.39 is 0 Å². The molecule has 0 aromatic rings. The van der Waals surface area contributed by atoms with Crippen LogP contribution >= 0.6 is 15.9 Å². The molecule has 0 aliphatic heterocycles. The lowest BCUT2D eigenvalue weighted by atomic mass is 9.66. The van der Waals surface area contributed by atoms with E-state index in [2.05, 4.69) is 34.7 Å². The van der Waals surface area contributed by atoms with Crippen molar-refractivity contribution in [2.24, 2.45) is 11.3 Å². The lowest BCUT2D eigenvalue weighted by Gasteiger charge is -2.38. The number of fused-ring (bicyclic) bond motifs is 1. The predicted octanol–water partition coefficient (Wildman–Crippen LogP) is 3.60. The minimum absolute atomic E-state index is 0.107. The molecule has 0 unspecified atom stereocenters. The van der Waals surface area contributed by atoms with Gasteiger partial charge in [-0.3, -0.25) is 4.79 Å². The molecule has 1 fully saturated rings. The fraction of sp³-hybridized carbons (Fsp3) is 0.583. The van der Waals surface area contributed by atoms with Crippen LogP contribution in [-0.4, -0.2) is 5.78 Å². The van der Waals surface area contributed by atoms with E-state index in [4.69, 9.17) is 0 Å². The lowest BCUT2D eigenvalue weighted by Crippen LogP contribution is -2.33. The van der Waals surface area contributed by atoms with Crippen LogP contribution in [0.3, 0.4) is 0 Å². The highest BCUT2D eigenvalue weighted by atomic mass is 79.9. The largest absolute Gasteiger partial charge is 0.300 e. The molecule has 0 heterocycles. The first-order chi connectivity index (χ1) is 6.62. The highest BCUT2D eigenvalue weighted by Gasteiger charge is 2.43. The van der Waals surface area contributed by atoms with Crippen molar-refractivity contribution in [3.8, 4) is 0 Å². The van der Waals surface area contributed by atoms with Crippen LogP contribution in [0.5, 0.6) is 0 Å². The van der Waals surface area contributed by atoms with E-state index in [0.29, 0.717) is 11.7 Å². The van der Waals surface area contributed by atoms with Crippen molar-refractivity contribution in [3.05, 3.63) is 23.2 Å². The third-order valence-corrected chi connectivity index (χ3v) is 3.78. The van der Waals surface area contributed by atoms with Crippen molar-refractivity contribution in [2.45, 2.75) is 32.1 Å². The van der Waals surface area contributed by atoms with Crippen LogP contribution in [0.4, 0.5) is 0 Å². The highest BCUT2D eigenvalue weighted by molar-refractivity contribution is 9.11. The van der Waals surface area contributed by atoms with E-state index in [0.717, 1.165) is 36.6 Å². The summed E-state index contributed by atoms with van der Waals surface area (Å²) in [6.45, 7) is 3.90. The molecule has 2 rings (SSSR count). The van der Waals surface area contributed by atoms with E-state index in [9.17, 15) is 4.79 Å². The highest BCUT2D eigenvalue weighted by Crippen LogP contribution is 2.51. The van der Waals surface area contributed by atoms with Gasteiger partial charge in [0.15, 0.2) is 0 Å². The first-order valence-electron chi connectivity index (χ1n) is 5.15. The van der Waals surface area contributed by atoms with Gasteiger partial charge in [0.05, 0.1) is 0 Å². The second-order valence-corrected chi connectivity index (χ2v) is 5.64. The number of hydrogen-bond acceptors (Lipinski definition) is 1. The molecule has 0 saturated heterocycles. The van der Waals surface area contributed by atoms with E-state index >= 15 is 0 Å². The molecule has 76 valence electrons. The number of carbonyl (C=O) groups is 1. The number of hydrogen-bond donors (Lipinski definition) is 0. The Labute approximate surface area is 93.4 Å². The van der Waals surface area contributed by atoms with Gasteiger partial charge in [-0.2, -0.15) is 0 Å². The maximum absolute atomic E-state index is 11.5. The summed E-state index contributed by atoms with van der Waals surface area (Å²) in [7, 11) is 0. The quantitative estimate of drug-likeness (QED) is 0.689. The Morgan fingerprint density at radius 3 is 3.21 bits per heavy atom. The number of ketones is 1. The van der Waals surface area contributed by atoms with Crippen molar-refractivity contribution >= 4 is 21.7 Å². The van der Waals surface area contributed by atoms with Crippen LogP contribution in [0.2, 0.25) is 0 Å². The van der Waals surface area contributed by atoms with Crippen molar-refractivity contribution < 1.29 is 4.79 Å². The second kappa shape index (κ2) is 3.65. The Kier molecular flexibility index (Phi) is 2.65. The van der Waals surface area contributed by atoms with Crippen molar-refractivity contribution in [1.82, 2.24) is 0 Å². The zero-order valence-corrected chi connectivity index (χ0v) is 9.85. The minimum atomic E-state index is 0.107. The predicted molar refractivity (Wildman–Crippen MR) is 61.2 cm³/mol. The Hall–Kier alpha value is -0.370. The molecule has 14 heavy (non-hydrogen) atoms. The van der Waals surface area contributed by atoms with Crippen LogP contribution in [0.1, 0.15) is 32.1 Å². The van der Waals surface area contributed by atoms with Gasteiger partial charge in [0.2, 0.25) is 0 Å². The zero-order chi connectivity index (χ0) is 10.2. The number of carbonyl (C=O) groups excluding carboxylic acids is 1. The molecule has 2 aliphatic carbocycles. The normalized spacial score (nSPS) is 35.8. The first kappa shape index (κ1) is 10.2. The summed E-state index contributed by atoms with van der Waals surface area (Å²) in [5, 5.41) is 0. The number of halogens is 1. The molecule has 0 radical (unpaired) electrons. The fourth-order valence-corrected chi connectivity index (χ4v) is 3.38. The monoisotopic (exact) mass is 254 g/mol. The average molecular weight is 255 g/mol. The van der Waals surface area contributed by atoms with Gasteiger partial charge in [-0.25, -0.2) is 0 Å². The van der Waals surface area contributed by atoms with Gasteiger partial charge >= 0.3 is 0 Å². The van der Waals surface area contributed by atoms with Crippen molar-refractivity contribution in [1.29, 1.82) is 0 Å². The van der Waals surface area contributed by atoms with Gasteiger partial charge in [0.1, 0.15) is 5.78 Å². The first-order valence-corrected chi connectivity index (χ1v) is 5.94. The summed E-state index contributed by atoms with van der Waals surface area (Å²) in [4.78, 5) is 11.5. The minimum Gasteiger partial charge on any atom is -0.300 e. The van der Waals surface area contributed by atoms with Gasteiger partial charge in [-0.15, -0.1) is 0 Å². The summed E-state index contributed by atoms with van der Waals surface area (Å²) in [5.41, 5.74) is 0.107. The molecule has 0 aromatic heterocycles. The molecule has 2 aliphatic rings. The fourth-order valence-electron chi connectivity index (χ4n) is 2.86. The zero-order valence-electron chi connectivity index (χ0n) is 8.26. The van der Waals surface area contributed by atoms with Crippen molar-refractivity contribution in [2.75, 3.05) is 0 Å². The Morgan fingerprint density at radius 1 is 1.71 bits per heavy atom. The molecule has 0 bridgehead atoms. The molecule has 2 heteroatoms. The van der Waals surface area contributed by atoms with Crippen LogP contribution in [0, 0.1) is 11.3 Å². The van der Waals surface area contributed by atoms with Gasteiger partial charge in [-0.1, -0.05) is 34.7 Å². The van der Waals surface area contributed by atoms with Crippen molar-refractivity contribution in [3.63, 3.8) is 0 Å². The Balaban J connectivity index is 2.22. The standard InChI is InChI=1S/C12H15BrO/c1-9(13)7-12-6-2-3-10(12)4-5-11(14)8-12/h2,6,10H,1,3-5,7-8H2/t10-,12-/m1/s1. The molecule has 0 N–H and O–H groups in total. The van der Waals surface area contributed by atoms with Gasteiger partial charge in [0, 0.05) is 18.3 Å². The van der Waals surface area contributed by atoms with E-state index in [1.54, 1.807) is 0 Å². The van der Waals surface area contributed by atoms with Gasteiger partial charge in [-0.05, 0) is 29.7 Å². The molecular formula is C12H15BrO. The van der Waals surface area contributed by atoms with Crippen LogP contribution in [0.15, 0.2) is 23.2 Å². The van der Waals surface area contributed by atoms with Crippen LogP contribution < -0.4 is 0 Å². The summed E-state index contributed by atoms with van der Waals surface area (Å²) in [5.74, 6) is 1.09. The number of Topliss-reactive ketones (excluding diaryl/α,β-unsaturated/α-hetero) is 1. The summed E-state index contributed by atoms with van der Waals surface area (Å²) in [6, 6.07) is 0. The topological polar surface area (TPSA) is 17.1 Å². The molecule has 2 atom stereocenters. The summed E-state index contributed by atoms with van der Waals surface area (Å²) >= 11 is 3.42. The average Bonchev–Trinajstić information content (AvgIpc) is 2.44. The smallest absolute Gasteiger partial charge is 0.133 e. The second-order valence-electron chi connectivity index (χ2n) is 4.52. The van der Waals surface area contributed by atoms with Crippen LogP contribution in [-0.2, 0) is 4.79 Å². The Bertz CT molecular complexity index is 301. The molecule has 1 saturated carbocycles. The third-order valence-electron chi connectivity index (χ3n) is 3.50. The molecule has 1 nitrogen and oxygen atoms in total. The third kappa shape index (κ3) is 1.72. The maximum atomic E-state index is 11.5. The van der Waals surface area contributed by atoms with Crippen LogP contribution in [0.25, 0.3) is 0 Å². The summed E-state index contributed by atoms with van der Waals surface area (Å²) < 4.78 is 1.02.